The largest absolute Gasteiger partial charge is 0.493 e. The zero-order valence-electron chi connectivity index (χ0n) is 20.6. The number of carbonyl (C=O) groups excluding carboxylic acids is 2. The fourth-order valence-corrected chi connectivity index (χ4v) is 5.34. The summed E-state index contributed by atoms with van der Waals surface area (Å²) in [5.74, 6) is 0.781. The summed E-state index contributed by atoms with van der Waals surface area (Å²) in [5, 5.41) is 10.6. The number of aryl methyl sites for hydroxylation is 2. The summed E-state index contributed by atoms with van der Waals surface area (Å²) < 4.78 is 6.30. The summed E-state index contributed by atoms with van der Waals surface area (Å²) in [6.07, 6.45) is 2.81. The van der Waals surface area contributed by atoms with Crippen molar-refractivity contribution in [3.8, 4) is 5.75 Å². The van der Waals surface area contributed by atoms with E-state index >= 15 is 0 Å². The van der Waals surface area contributed by atoms with Gasteiger partial charge in [0.2, 0.25) is 5.91 Å². The molecule has 2 aromatic carbocycles. The van der Waals surface area contributed by atoms with Gasteiger partial charge in [0, 0.05) is 48.6 Å². The molecule has 2 fully saturated rings. The summed E-state index contributed by atoms with van der Waals surface area (Å²) in [5.41, 5.74) is 2.06. The van der Waals surface area contributed by atoms with E-state index in [0.29, 0.717) is 57.6 Å². The summed E-state index contributed by atoms with van der Waals surface area (Å²) in [6.45, 7) is 6.51. The summed E-state index contributed by atoms with van der Waals surface area (Å²) in [4.78, 5) is 30.3. The van der Waals surface area contributed by atoms with Gasteiger partial charge in [0.25, 0.3) is 5.91 Å². The molecule has 0 spiro atoms. The van der Waals surface area contributed by atoms with E-state index in [1.54, 1.807) is 0 Å². The highest BCUT2D eigenvalue weighted by Gasteiger charge is 2.41. The number of hydrogen-bond acceptors (Lipinski definition) is 4. The Labute approximate surface area is 212 Å². The third-order valence-electron chi connectivity index (χ3n) is 7.27. The van der Waals surface area contributed by atoms with Crippen molar-refractivity contribution >= 4 is 23.4 Å². The average molecular weight is 499 g/mol. The van der Waals surface area contributed by atoms with Crippen molar-refractivity contribution in [2.24, 2.45) is 5.41 Å². The number of amides is 2. The van der Waals surface area contributed by atoms with Gasteiger partial charge in [-0.1, -0.05) is 29.8 Å². The monoisotopic (exact) mass is 498 g/mol. The van der Waals surface area contributed by atoms with Crippen LogP contribution in [0.15, 0.2) is 42.5 Å². The first-order chi connectivity index (χ1) is 16.8. The second kappa shape index (κ2) is 11.0. The van der Waals surface area contributed by atoms with Crippen LogP contribution >= 0.6 is 11.6 Å². The molecule has 0 aliphatic carbocycles. The second-order valence-corrected chi connectivity index (χ2v) is 10.5. The first-order valence-electron chi connectivity index (χ1n) is 12.5. The van der Waals surface area contributed by atoms with Crippen molar-refractivity contribution in [3.05, 3.63) is 64.2 Å². The maximum Gasteiger partial charge on any atom is 0.253 e. The quantitative estimate of drug-likeness (QED) is 0.630. The van der Waals surface area contributed by atoms with E-state index < -0.39 is 5.41 Å². The van der Waals surface area contributed by atoms with Gasteiger partial charge < -0.3 is 19.6 Å². The molecule has 4 rings (SSSR count). The molecule has 1 atom stereocenters. The van der Waals surface area contributed by atoms with Crippen LogP contribution in [0.4, 0.5) is 0 Å². The lowest BCUT2D eigenvalue weighted by Crippen LogP contribution is -2.51. The van der Waals surface area contributed by atoms with Crippen molar-refractivity contribution in [2.45, 2.75) is 52.1 Å². The van der Waals surface area contributed by atoms with Crippen molar-refractivity contribution in [2.75, 3.05) is 32.8 Å². The van der Waals surface area contributed by atoms with Crippen molar-refractivity contribution in [1.29, 1.82) is 0 Å². The number of rotatable bonds is 6. The van der Waals surface area contributed by atoms with Crippen LogP contribution in [0.5, 0.6) is 5.75 Å². The third-order valence-corrected chi connectivity index (χ3v) is 7.86. The van der Waals surface area contributed by atoms with Crippen molar-refractivity contribution in [3.63, 3.8) is 0 Å². The Morgan fingerprint density at radius 2 is 1.71 bits per heavy atom. The Balaban J connectivity index is 1.54. The fraction of sp³-hybridized carbons (Fsp3) is 0.500. The lowest BCUT2D eigenvalue weighted by atomic mass is 9.77. The van der Waals surface area contributed by atoms with Gasteiger partial charge in [-0.25, -0.2) is 0 Å². The molecule has 0 saturated carbocycles. The second-order valence-electron chi connectivity index (χ2n) is 10.1. The Kier molecular flexibility index (Phi) is 8.02. The normalized spacial score (nSPS) is 21.1. The molecule has 0 unspecified atom stereocenters. The van der Waals surface area contributed by atoms with Gasteiger partial charge in [-0.15, -0.1) is 0 Å². The lowest BCUT2D eigenvalue weighted by Gasteiger charge is -2.43. The van der Waals surface area contributed by atoms with E-state index in [2.05, 4.69) is 0 Å². The third kappa shape index (κ3) is 6.17. The van der Waals surface area contributed by atoms with Crippen LogP contribution in [0, 0.1) is 19.3 Å². The number of carbonyl (C=O) groups is 2. The molecule has 2 aliphatic heterocycles. The number of aliphatic hydroxyl groups excluding tert-OH is 1. The van der Waals surface area contributed by atoms with Crippen LogP contribution in [-0.2, 0) is 4.79 Å². The Hall–Kier alpha value is -2.57. The number of ether oxygens (including phenoxy) is 1. The van der Waals surface area contributed by atoms with Crippen LogP contribution in [0.2, 0.25) is 5.02 Å². The van der Waals surface area contributed by atoms with Crippen LogP contribution in [0.25, 0.3) is 0 Å². The first kappa shape index (κ1) is 25.5. The Morgan fingerprint density at radius 1 is 1.06 bits per heavy atom. The zero-order chi connectivity index (χ0) is 25.0. The average Bonchev–Trinajstić information content (AvgIpc) is 2.86. The van der Waals surface area contributed by atoms with Gasteiger partial charge in [0.05, 0.1) is 12.7 Å². The zero-order valence-corrected chi connectivity index (χ0v) is 21.4. The summed E-state index contributed by atoms with van der Waals surface area (Å²) in [7, 11) is 0. The molecule has 0 radical (unpaired) electrons. The first-order valence-corrected chi connectivity index (χ1v) is 12.8. The molecule has 2 aromatic rings. The summed E-state index contributed by atoms with van der Waals surface area (Å²) in [6, 6.07) is 13.1. The molecule has 188 valence electrons. The molecule has 35 heavy (non-hydrogen) atoms. The van der Waals surface area contributed by atoms with Crippen LogP contribution in [-0.4, -0.2) is 65.6 Å². The van der Waals surface area contributed by atoms with E-state index in [-0.39, 0.29) is 17.9 Å². The SMILES string of the molecule is Cc1cc(OC[C@]2(CC(=O)N3CCC(O)CC3)CCCN(C(=O)c3ccccc3)C2)cc(C)c1Cl. The number of aliphatic hydroxyl groups is 1. The minimum absolute atomic E-state index is 0.0126. The lowest BCUT2D eigenvalue weighted by molar-refractivity contribution is -0.137. The standard InChI is InChI=1S/C28H35ClN2O4/c1-20-15-24(16-21(2)26(20)29)35-19-28(17-25(33)30-13-9-23(32)10-14-30)11-6-12-31(18-28)27(34)22-7-4-3-5-8-22/h3-5,7-8,15-16,23,32H,6,9-14,17-19H2,1-2H3/t28-/m0/s1. The van der Waals surface area contributed by atoms with Gasteiger partial charge in [0.1, 0.15) is 5.75 Å². The van der Waals surface area contributed by atoms with E-state index in [0.717, 1.165) is 34.7 Å². The molecule has 7 heteroatoms. The minimum atomic E-state index is -0.489. The maximum absolute atomic E-state index is 13.4. The molecular weight excluding hydrogens is 464 g/mol. The van der Waals surface area contributed by atoms with Crippen molar-refractivity contribution in [1.82, 2.24) is 9.80 Å². The predicted molar refractivity (Wildman–Crippen MR) is 137 cm³/mol. The highest BCUT2D eigenvalue weighted by Crippen LogP contribution is 2.37. The molecular formula is C28H35ClN2O4. The topological polar surface area (TPSA) is 70.1 Å². The Bertz CT molecular complexity index is 1030. The van der Waals surface area contributed by atoms with E-state index in [1.807, 2.05) is 66.1 Å². The number of halogens is 1. The number of likely N-dealkylation sites (tertiary alicyclic amines) is 2. The van der Waals surface area contributed by atoms with Crippen LogP contribution in [0.3, 0.4) is 0 Å². The molecule has 0 aromatic heterocycles. The molecule has 1 N–H and O–H groups in total. The fourth-order valence-electron chi connectivity index (χ4n) is 5.23. The maximum atomic E-state index is 13.4. The van der Waals surface area contributed by atoms with Gasteiger partial charge >= 0.3 is 0 Å². The van der Waals surface area contributed by atoms with Gasteiger partial charge in [-0.3, -0.25) is 9.59 Å². The molecule has 2 heterocycles. The van der Waals surface area contributed by atoms with Gasteiger partial charge in [0.15, 0.2) is 0 Å². The smallest absolute Gasteiger partial charge is 0.253 e. The molecule has 6 nitrogen and oxygen atoms in total. The molecule has 2 aliphatic rings. The van der Waals surface area contributed by atoms with Gasteiger partial charge in [-0.2, -0.15) is 0 Å². The highest BCUT2D eigenvalue weighted by molar-refractivity contribution is 6.32. The van der Waals surface area contributed by atoms with Crippen molar-refractivity contribution < 1.29 is 19.4 Å². The van der Waals surface area contributed by atoms with E-state index in [9.17, 15) is 14.7 Å². The van der Waals surface area contributed by atoms with E-state index in [1.165, 1.54) is 0 Å². The molecule has 2 amide bonds. The van der Waals surface area contributed by atoms with Crippen LogP contribution < -0.4 is 4.74 Å². The van der Waals surface area contributed by atoms with E-state index in [4.69, 9.17) is 16.3 Å². The van der Waals surface area contributed by atoms with Crippen LogP contribution in [0.1, 0.15) is 53.6 Å². The predicted octanol–water partition coefficient (Wildman–Crippen LogP) is 4.63. The number of hydrogen-bond donors (Lipinski definition) is 1. The minimum Gasteiger partial charge on any atom is -0.493 e. The number of benzene rings is 2. The number of piperidine rings is 2. The number of nitrogens with zero attached hydrogens (tertiary/aromatic N) is 2. The van der Waals surface area contributed by atoms with Gasteiger partial charge in [-0.05, 0) is 74.9 Å². The summed E-state index contributed by atoms with van der Waals surface area (Å²) >= 11 is 6.34. The molecule has 0 bridgehead atoms. The highest BCUT2D eigenvalue weighted by atomic mass is 35.5. The molecule has 2 saturated heterocycles. The Morgan fingerprint density at radius 3 is 2.37 bits per heavy atom.